The lowest BCUT2D eigenvalue weighted by Crippen LogP contribution is -2.55. The summed E-state index contributed by atoms with van der Waals surface area (Å²) in [6, 6.07) is 8.04. The number of aromatic nitrogens is 1. The fourth-order valence-corrected chi connectivity index (χ4v) is 5.66. The minimum atomic E-state index is -0.0282. The summed E-state index contributed by atoms with van der Waals surface area (Å²) < 4.78 is 6.08. The number of fused-ring (bicyclic) bond motifs is 3. The molecule has 3 atom stereocenters. The average molecular weight is 412 g/mol. The Bertz CT molecular complexity index is 913. The second-order valence-electron chi connectivity index (χ2n) is 9.50. The third-order valence-corrected chi connectivity index (χ3v) is 7.40. The van der Waals surface area contributed by atoms with Gasteiger partial charge >= 0.3 is 0 Å². The first-order valence-electron chi connectivity index (χ1n) is 11.4. The van der Waals surface area contributed by atoms with E-state index in [4.69, 9.17) is 9.40 Å². The molecule has 1 N–H and O–H groups in total. The average Bonchev–Trinajstić information content (AvgIpc) is 3.12. The third-order valence-electron chi connectivity index (χ3n) is 7.40. The number of oxazole rings is 1. The van der Waals surface area contributed by atoms with Crippen molar-refractivity contribution in [3.05, 3.63) is 23.8 Å². The maximum atomic E-state index is 13.2. The van der Waals surface area contributed by atoms with Crippen LogP contribution >= 0.6 is 0 Å². The highest BCUT2D eigenvalue weighted by atomic mass is 16.4. The number of nitrogens with one attached hydrogen (secondary N) is 1. The third kappa shape index (κ3) is 3.58. The van der Waals surface area contributed by atoms with Crippen LogP contribution in [0.3, 0.4) is 0 Å². The summed E-state index contributed by atoms with van der Waals surface area (Å²) >= 11 is 0. The van der Waals surface area contributed by atoms with Crippen LogP contribution in [0.5, 0.6) is 0 Å². The van der Waals surface area contributed by atoms with Crippen LogP contribution in [0.2, 0.25) is 0 Å². The number of piperidine rings is 2. The normalized spacial score (nSPS) is 30.6. The summed E-state index contributed by atoms with van der Waals surface area (Å²) in [6.07, 6.45) is 5.87. The number of amides is 1. The summed E-state index contributed by atoms with van der Waals surface area (Å²) in [6.45, 7) is 5.03. The van der Waals surface area contributed by atoms with Crippen molar-refractivity contribution in [3.8, 4) is 0 Å². The van der Waals surface area contributed by atoms with E-state index in [1.54, 1.807) is 0 Å². The smallest absolute Gasteiger partial charge is 0.298 e. The fraction of sp³-hybridized carbons (Fsp3) is 0.652. The number of anilines is 1. The summed E-state index contributed by atoms with van der Waals surface area (Å²) in [7, 11) is 4.38. The molecule has 0 saturated carbocycles. The highest BCUT2D eigenvalue weighted by molar-refractivity contribution is 6.04. The van der Waals surface area contributed by atoms with Crippen molar-refractivity contribution in [1.82, 2.24) is 20.1 Å². The van der Waals surface area contributed by atoms with E-state index < -0.39 is 0 Å². The highest BCUT2D eigenvalue weighted by Gasteiger charge is 2.36. The van der Waals surface area contributed by atoms with Gasteiger partial charge < -0.3 is 24.4 Å². The van der Waals surface area contributed by atoms with Crippen LogP contribution in [0.25, 0.3) is 11.1 Å². The predicted molar refractivity (Wildman–Crippen MR) is 118 cm³/mol. The van der Waals surface area contributed by atoms with Gasteiger partial charge in [0.1, 0.15) is 5.52 Å². The van der Waals surface area contributed by atoms with Gasteiger partial charge in [0.05, 0.1) is 5.56 Å². The van der Waals surface area contributed by atoms with Crippen molar-refractivity contribution in [2.24, 2.45) is 0 Å². The highest BCUT2D eigenvalue weighted by Crippen LogP contribution is 2.33. The van der Waals surface area contributed by atoms with Crippen molar-refractivity contribution >= 4 is 23.0 Å². The molecule has 0 radical (unpaired) electrons. The number of nitrogens with zero attached hydrogens (tertiary/aromatic N) is 4. The van der Waals surface area contributed by atoms with E-state index in [2.05, 4.69) is 41.0 Å². The molecule has 5 rings (SSSR count). The van der Waals surface area contributed by atoms with E-state index in [1.165, 1.54) is 19.3 Å². The van der Waals surface area contributed by atoms with Crippen LogP contribution in [0.15, 0.2) is 22.6 Å². The number of carbonyl (C=O) groups excluding carboxylic acids is 1. The Balaban J connectivity index is 1.35. The molecule has 3 fully saturated rings. The van der Waals surface area contributed by atoms with Crippen molar-refractivity contribution in [2.75, 3.05) is 38.6 Å². The molecule has 0 spiro atoms. The van der Waals surface area contributed by atoms with E-state index in [0.29, 0.717) is 40.8 Å². The van der Waals surface area contributed by atoms with Gasteiger partial charge in [-0.15, -0.1) is 0 Å². The molecule has 2 unspecified atom stereocenters. The van der Waals surface area contributed by atoms with Crippen molar-refractivity contribution < 1.29 is 9.21 Å². The molecule has 2 aromatic rings. The number of hydrogen-bond acceptors (Lipinski definition) is 6. The van der Waals surface area contributed by atoms with Crippen LogP contribution in [0.4, 0.5) is 6.01 Å². The van der Waals surface area contributed by atoms with Gasteiger partial charge in [0.25, 0.3) is 11.9 Å². The Kier molecular flexibility index (Phi) is 5.19. The zero-order chi connectivity index (χ0) is 20.8. The van der Waals surface area contributed by atoms with Gasteiger partial charge in [0.2, 0.25) is 0 Å². The predicted octanol–water partition coefficient (Wildman–Crippen LogP) is 2.71. The van der Waals surface area contributed by atoms with E-state index in [9.17, 15) is 4.79 Å². The van der Waals surface area contributed by atoms with E-state index in [-0.39, 0.29) is 11.9 Å². The van der Waals surface area contributed by atoms with Crippen molar-refractivity contribution in [2.45, 2.75) is 63.2 Å². The Hall–Kier alpha value is -2.12. The lowest BCUT2D eigenvalue weighted by molar-refractivity contribution is 0.0463. The maximum Gasteiger partial charge on any atom is 0.298 e. The summed E-state index contributed by atoms with van der Waals surface area (Å²) in [5, 5.41) is 3.31. The maximum absolute atomic E-state index is 13.2. The molecule has 4 heterocycles. The molecule has 30 heavy (non-hydrogen) atoms. The van der Waals surface area contributed by atoms with Gasteiger partial charge in [-0.25, -0.2) is 0 Å². The molecule has 3 saturated heterocycles. The van der Waals surface area contributed by atoms with Crippen LogP contribution < -0.4 is 10.2 Å². The molecule has 7 nitrogen and oxygen atoms in total. The topological polar surface area (TPSA) is 64.8 Å². The molecule has 0 aliphatic carbocycles. The summed E-state index contributed by atoms with van der Waals surface area (Å²) in [5.74, 6) is -0.0282. The van der Waals surface area contributed by atoms with Crippen molar-refractivity contribution in [3.63, 3.8) is 0 Å². The van der Waals surface area contributed by atoms with Crippen LogP contribution in [0, 0.1) is 0 Å². The number of carbonyl (C=O) groups is 1. The molecular formula is C23H33N5O2. The van der Waals surface area contributed by atoms with Gasteiger partial charge in [-0.05, 0) is 58.8 Å². The van der Waals surface area contributed by atoms with Gasteiger partial charge in [-0.1, -0.05) is 12.5 Å². The lowest BCUT2D eigenvalue weighted by Gasteiger charge is -2.47. The zero-order valence-electron chi connectivity index (χ0n) is 18.3. The Morgan fingerprint density at radius 1 is 1.17 bits per heavy atom. The fourth-order valence-electron chi connectivity index (χ4n) is 5.66. The number of rotatable bonds is 3. The van der Waals surface area contributed by atoms with Crippen LogP contribution in [-0.2, 0) is 0 Å². The van der Waals surface area contributed by atoms with E-state index in [0.717, 1.165) is 32.5 Å². The van der Waals surface area contributed by atoms with Crippen LogP contribution in [-0.4, -0.2) is 78.6 Å². The second-order valence-corrected chi connectivity index (χ2v) is 9.50. The number of piperazine rings is 1. The molecule has 1 aromatic heterocycles. The minimum absolute atomic E-state index is 0.0282. The van der Waals surface area contributed by atoms with Crippen LogP contribution in [0.1, 0.15) is 49.4 Å². The minimum Gasteiger partial charge on any atom is -0.423 e. The molecule has 1 aromatic carbocycles. The number of likely N-dealkylation sites (N-methyl/N-ethyl adjacent to an activating group) is 1. The van der Waals surface area contributed by atoms with Gasteiger partial charge in [0.15, 0.2) is 5.58 Å². The first-order chi connectivity index (χ1) is 14.5. The number of hydrogen-bond donors (Lipinski definition) is 1. The molecule has 3 aliphatic rings. The molecule has 162 valence electrons. The van der Waals surface area contributed by atoms with Crippen molar-refractivity contribution in [1.29, 1.82) is 0 Å². The Morgan fingerprint density at radius 2 is 1.93 bits per heavy atom. The molecule has 1 amide bonds. The first-order valence-corrected chi connectivity index (χ1v) is 11.4. The van der Waals surface area contributed by atoms with Gasteiger partial charge in [-0.2, -0.15) is 4.98 Å². The van der Waals surface area contributed by atoms with E-state index >= 15 is 0 Å². The monoisotopic (exact) mass is 411 g/mol. The van der Waals surface area contributed by atoms with Gasteiger partial charge in [-0.3, -0.25) is 4.79 Å². The zero-order valence-corrected chi connectivity index (χ0v) is 18.3. The standard InChI is InChI=1S/C23H33N5O2/c1-15-14-26(2)10-11-28(15)23-25-21-19(8-5-9-20(21)30-23)22(29)24-16-12-17-6-4-7-18(13-16)27(17)3/h5,8-9,15-18H,4,6-7,10-14H2,1-3H3,(H,24,29)/t15-,16?,17?,18?/m0/s1. The molecule has 7 heteroatoms. The largest absolute Gasteiger partial charge is 0.423 e. The number of para-hydroxylation sites is 1. The second kappa shape index (κ2) is 7.85. The Morgan fingerprint density at radius 3 is 2.67 bits per heavy atom. The molecular weight excluding hydrogens is 378 g/mol. The lowest BCUT2D eigenvalue weighted by atomic mass is 9.82. The van der Waals surface area contributed by atoms with Gasteiger partial charge in [0, 0.05) is 43.8 Å². The first kappa shape index (κ1) is 19.8. The Labute approximate surface area is 178 Å². The quantitative estimate of drug-likeness (QED) is 0.838. The number of benzene rings is 1. The van der Waals surface area contributed by atoms with E-state index in [1.807, 2.05) is 18.2 Å². The summed E-state index contributed by atoms with van der Waals surface area (Å²) in [5.41, 5.74) is 1.97. The SMILES string of the molecule is C[C@H]1CN(C)CCN1c1nc2c(C(=O)NC3CC4CCCC(C3)N4C)cccc2o1. The molecule has 2 bridgehead atoms. The summed E-state index contributed by atoms with van der Waals surface area (Å²) in [4.78, 5) is 25.0. The molecule has 3 aliphatic heterocycles.